The lowest BCUT2D eigenvalue weighted by atomic mass is 10.2. The highest BCUT2D eigenvalue weighted by Gasteiger charge is 2.13. The molecule has 1 rings (SSSR count). The van der Waals surface area contributed by atoms with E-state index in [0.717, 1.165) is 6.42 Å². The highest BCUT2D eigenvalue weighted by atomic mass is 16.2. The van der Waals surface area contributed by atoms with Crippen LogP contribution in [0.2, 0.25) is 0 Å². The fourth-order valence-corrected chi connectivity index (χ4v) is 1.55. The van der Waals surface area contributed by atoms with Gasteiger partial charge in [-0.25, -0.2) is 0 Å². The molecule has 0 saturated carbocycles. The molecule has 0 bridgehead atoms. The lowest BCUT2D eigenvalue weighted by molar-refractivity contribution is 0.0763. The van der Waals surface area contributed by atoms with Crippen LogP contribution in [0.15, 0.2) is 23.1 Å². The predicted octanol–water partition coefficient (Wildman–Crippen LogP) is 0.196. The molecule has 0 aromatic carbocycles. The number of aromatic nitrogens is 1. The van der Waals surface area contributed by atoms with Gasteiger partial charge in [-0.1, -0.05) is 0 Å². The molecule has 0 radical (unpaired) electrons. The maximum absolute atomic E-state index is 12.1. The topological polar surface area (TPSA) is 68.3 Å². The molecule has 0 unspecified atom stereocenters. The van der Waals surface area contributed by atoms with Crippen LogP contribution in [-0.4, -0.2) is 35.0 Å². The van der Waals surface area contributed by atoms with Crippen LogP contribution >= 0.6 is 0 Å². The van der Waals surface area contributed by atoms with Crippen LogP contribution in [0.1, 0.15) is 23.7 Å². The van der Waals surface area contributed by atoms with Crippen LogP contribution in [0.25, 0.3) is 0 Å². The van der Waals surface area contributed by atoms with Gasteiger partial charge in [0, 0.05) is 38.0 Å². The van der Waals surface area contributed by atoms with Gasteiger partial charge in [-0.15, -0.1) is 0 Å². The second-order valence-electron chi connectivity index (χ2n) is 3.89. The number of carbonyl (C=O) groups excluding carboxylic acids is 1. The van der Waals surface area contributed by atoms with Crippen LogP contribution in [0.4, 0.5) is 0 Å². The number of amides is 1. The van der Waals surface area contributed by atoms with Gasteiger partial charge in [0.1, 0.15) is 0 Å². The molecule has 1 amide bonds. The van der Waals surface area contributed by atoms with Crippen molar-refractivity contribution < 1.29 is 4.79 Å². The molecular formula is C12H19N3O2. The number of rotatable bonds is 5. The number of aryl methyl sites for hydroxylation is 1. The molecule has 0 aliphatic heterocycles. The van der Waals surface area contributed by atoms with Crippen molar-refractivity contribution in [3.63, 3.8) is 0 Å². The van der Waals surface area contributed by atoms with E-state index in [1.165, 1.54) is 10.6 Å². The second kappa shape index (κ2) is 6.20. The van der Waals surface area contributed by atoms with E-state index >= 15 is 0 Å². The minimum atomic E-state index is -0.175. The van der Waals surface area contributed by atoms with Crippen molar-refractivity contribution in [3.05, 3.63) is 34.2 Å². The van der Waals surface area contributed by atoms with E-state index in [4.69, 9.17) is 5.73 Å². The standard InChI is InChI=1S/C12H19N3O2/c1-3-15(7-4-6-13)12(17)10-5-8-14(2)11(16)9-10/h5,8-9H,3-4,6-7,13H2,1-2H3. The molecule has 1 aromatic heterocycles. The molecule has 2 N–H and O–H groups in total. The van der Waals surface area contributed by atoms with E-state index in [1.807, 2.05) is 6.92 Å². The monoisotopic (exact) mass is 237 g/mol. The summed E-state index contributed by atoms with van der Waals surface area (Å²) in [7, 11) is 1.66. The number of carbonyl (C=O) groups is 1. The number of hydrogen-bond acceptors (Lipinski definition) is 3. The number of hydrogen-bond donors (Lipinski definition) is 1. The molecule has 0 aliphatic carbocycles. The van der Waals surface area contributed by atoms with E-state index in [-0.39, 0.29) is 11.5 Å². The van der Waals surface area contributed by atoms with Gasteiger partial charge in [0.2, 0.25) is 0 Å². The SMILES string of the molecule is CCN(CCCN)C(=O)c1ccn(C)c(=O)c1. The third kappa shape index (κ3) is 3.42. The highest BCUT2D eigenvalue weighted by Crippen LogP contribution is 2.02. The molecule has 5 nitrogen and oxygen atoms in total. The number of nitrogens with two attached hydrogens (primary N) is 1. The van der Waals surface area contributed by atoms with E-state index in [1.54, 1.807) is 24.2 Å². The molecule has 1 aromatic rings. The average Bonchev–Trinajstić information content (AvgIpc) is 2.33. The summed E-state index contributed by atoms with van der Waals surface area (Å²) in [5.41, 5.74) is 5.68. The number of pyridine rings is 1. The summed E-state index contributed by atoms with van der Waals surface area (Å²) in [5, 5.41) is 0. The fourth-order valence-electron chi connectivity index (χ4n) is 1.55. The van der Waals surface area contributed by atoms with Crippen LogP contribution in [0.5, 0.6) is 0 Å². The van der Waals surface area contributed by atoms with Gasteiger partial charge < -0.3 is 15.2 Å². The Kier molecular flexibility index (Phi) is 4.90. The smallest absolute Gasteiger partial charge is 0.254 e. The Morgan fingerprint density at radius 3 is 2.76 bits per heavy atom. The third-order valence-corrected chi connectivity index (χ3v) is 2.65. The third-order valence-electron chi connectivity index (χ3n) is 2.65. The van der Waals surface area contributed by atoms with Gasteiger partial charge >= 0.3 is 0 Å². The summed E-state index contributed by atoms with van der Waals surface area (Å²) in [6, 6.07) is 3.03. The van der Waals surface area contributed by atoms with E-state index in [9.17, 15) is 9.59 Å². The summed E-state index contributed by atoms with van der Waals surface area (Å²) >= 11 is 0. The van der Waals surface area contributed by atoms with Crippen LogP contribution in [0, 0.1) is 0 Å². The van der Waals surface area contributed by atoms with Crippen LogP contribution in [0.3, 0.4) is 0 Å². The molecule has 17 heavy (non-hydrogen) atoms. The maximum atomic E-state index is 12.1. The molecular weight excluding hydrogens is 218 g/mol. The molecule has 0 atom stereocenters. The van der Waals surface area contributed by atoms with Crippen LogP contribution < -0.4 is 11.3 Å². The Bertz CT molecular complexity index is 440. The molecule has 0 aliphatic rings. The first-order valence-corrected chi connectivity index (χ1v) is 5.76. The van der Waals surface area contributed by atoms with Crippen molar-refractivity contribution in [3.8, 4) is 0 Å². The Morgan fingerprint density at radius 1 is 1.53 bits per heavy atom. The van der Waals surface area contributed by atoms with Crippen molar-refractivity contribution in [1.29, 1.82) is 0 Å². The highest BCUT2D eigenvalue weighted by molar-refractivity contribution is 5.94. The van der Waals surface area contributed by atoms with E-state index in [0.29, 0.717) is 25.2 Å². The Labute approximate surface area is 101 Å². The van der Waals surface area contributed by atoms with Crippen molar-refractivity contribution in [2.75, 3.05) is 19.6 Å². The molecule has 0 spiro atoms. The van der Waals surface area contributed by atoms with Crippen molar-refractivity contribution in [2.45, 2.75) is 13.3 Å². The zero-order chi connectivity index (χ0) is 12.8. The van der Waals surface area contributed by atoms with Gasteiger partial charge in [-0.05, 0) is 26.0 Å². The fraction of sp³-hybridized carbons (Fsp3) is 0.500. The quantitative estimate of drug-likeness (QED) is 0.795. The van der Waals surface area contributed by atoms with Gasteiger partial charge in [-0.3, -0.25) is 9.59 Å². The maximum Gasteiger partial charge on any atom is 0.254 e. The lowest BCUT2D eigenvalue weighted by Crippen LogP contribution is -2.33. The Hall–Kier alpha value is -1.62. The Balaban J connectivity index is 2.86. The van der Waals surface area contributed by atoms with Crippen molar-refractivity contribution >= 4 is 5.91 Å². The first-order valence-electron chi connectivity index (χ1n) is 5.76. The number of nitrogens with zero attached hydrogens (tertiary/aromatic N) is 2. The van der Waals surface area contributed by atoms with Crippen molar-refractivity contribution in [1.82, 2.24) is 9.47 Å². The minimum absolute atomic E-state index is 0.112. The predicted molar refractivity (Wildman–Crippen MR) is 66.9 cm³/mol. The minimum Gasteiger partial charge on any atom is -0.339 e. The molecule has 0 saturated heterocycles. The summed E-state index contributed by atoms with van der Waals surface area (Å²) < 4.78 is 1.44. The normalized spacial score (nSPS) is 10.3. The zero-order valence-corrected chi connectivity index (χ0v) is 10.3. The van der Waals surface area contributed by atoms with Gasteiger partial charge in [0.05, 0.1) is 0 Å². The Morgan fingerprint density at radius 2 is 2.24 bits per heavy atom. The van der Waals surface area contributed by atoms with E-state index in [2.05, 4.69) is 0 Å². The van der Waals surface area contributed by atoms with Crippen LogP contribution in [-0.2, 0) is 7.05 Å². The van der Waals surface area contributed by atoms with Crippen molar-refractivity contribution in [2.24, 2.45) is 12.8 Å². The first kappa shape index (κ1) is 13.4. The van der Waals surface area contributed by atoms with E-state index < -0.39 is 0 Å². The largest absolute Gasteiger partial charge is 0.339 e. The summed E-state index contributed by atoms with van der Waals surface area (Å²) in [5.74, 6) is -0.112. The average molecular weight is 237 g/mol. The van der Waals surface area contributed by atoms with Gasteiger partial charge in [0.15, 0.2) is 0 Å². The first-order chi connectivity index (χ1) is 8.10. The summed E-state index contributed by atoms with van der Waals surface area (Å²) in [6.45, 7) is 3.71. The second-order valence-corrected chi connectivity index (χ2v) is 3.89. The summed E-state index contributed by atoms with van der Waals surface area (Å²) in [4.78, 5) is 25.2. The van der Waals surface area contributed by atoms with Gasteiger partial charge in [-0.2, -0.15) is 0 Å². The molecule has 1 heterocycles. The lowest BCUT2D eigenvalue weighted by Gasteiger charge is -2.20. The summed E-state index contributed by atoms with van der Waals surface area (Å²) in [6.07, 6.45) is 2.37. The molecule has 5 heteroatoms. The molecule has 94 valence electrons. The van der Waals surface area contributed by atoms with Gasteiger partial charge in [0.25, 0.3) is 11.5 Å². The molecule has 0 fully saturated rings. The zero-order valence-electron chi connectivity index (χ0n) is 10.3.